The molecule has 0 atom stereocenters. The van der Waals surface area contributed by atoms with Gasteiger partial charge in [0, 0.05) is 11.9 Å². The highest BCUT2D eigenvalue weighted by molar-refractivity contribution is 7.89. The minimum Gasteiger partial charge on any atom is -0.477 e. The Morgan fingerprint density at radius 2 is 2.17 bits per heavy atom. The van der Waals surface area contributed by atoms with E-state index in [1.54, 1.807) is 0 Å². The Labute approximate surface area is 111 Å². The van der Waals surface area contributed by atoms with Crippen LogP contribution < -0.4 is 4.72 Å². The summed E-state index contributed by atoms with van der Waals surface area (Å²) in [6, 6.07) is 1.18. The van der Waals surface area contributed by atoms with Gasteiger partial charge >= 0.3 is 5.97 Å². The molecule has 5 nitrogen and oxygen atoms in total. The summed E-state index contributed by atoms with van der Waals surface area (Å²) in [5.74, 6) is -0.574. The van der Waals surface area contributed by atoms with E-state index in [4.69, 9.17) is 5.11 Å². The highest BCUT2D eigenvalue weighted by atomic mass is 32.2. The molecule has 0 radical (unpaired) electrons. The van der Waals surface area contributed by atoms with Crippen LogP contribution in [0.3, 0.4) is 0 Å². The Hall–Kier alpha value is -0.920. The summed E-state index contributed by atoms with van der Waals surface area (Å²) < 4.78 is 26.1. The molecule has 0 bridgehead atoms. The first-order valence-electron chi connectivity index (χ1n) is 5.64. The topological polar surface area (TPSA) is 83.5 Å². The average molecular weight is 291 g/mol. The standard InChI is InChI=1S/C11H17NO4S2/c1-8(2)4-3-5-12-18(15,16)9-6-10(11(13)14)17-7-9/h6-8,12H,3-5H2,1-2H3,(H,13,14). The van der Waals surface area contributed by atoms with Gasteiger partial charge in [0.2, 0.25) is 10.0 Å². The van der Waals surface area contributed by atoms with Crippen LogP contribution in [0.25, 0.3) is 0 Å². The van der Waals surface area contributed by atoms with Crippen molar-refractivity contribution >= 4 is 27.3 Å². The third-order valence-electron chi connectivity index (χ3n) is 2.35. The molecular weight excluding hydrogens is 274 g/mol. The van der Waals surface area contributed by atoms with E-state index in [1.807, 2.05) is 0 Å². The van der Waals surface area contributed by atoms with Crippen LogP contribution in [0, 0.1) is 5.92 Å². The number of carboxylic acids is 1. The third-order valence-corrected chi connectivity index (χ3v) is 4.85. The highest BCUT2D eigenvalue weighted by Crippen LogP contribution is 2.19. The SMILES string of the molecule is CC(C)CCCNS(=O)(=O)c1csc(C(=O)O)c1. The number of aromatic carboxylic acids is 1. The second-order valence-electron chi connectivity index (χ2n) is 4.39. The van der Waals surface area contributed by atoms with E-state index in [0.29, 0.717) is 12.5 Å². The first-order chi connectivity index (χ1) is 8.33. The van der Waals surface area contributed by atoms with Crippen molar-refractivity contribution in [3.8, 4) is 0 Å². The van der Waals surface area contributed by atoms with Gasteiger partial charge in [-0.15, -0.1) is 11.3 Å². The second-order valence-corrected chi connectivity index (χ2v) is 7.06. The minimum atomic E-state index is -3.57. The zero-order valence-electron chi connectivity index (χ0n) is 10.3. The molecule has 1 aromatic heterocycles. The molecule has 0 aliphatic heterocycles. The molecule has 0 fully saturated rings. The summed E-state index contributed by atoms with van der Waals surface area (Å²) >= 11 is 0.910. The number of carboxylic acid groups (broad SMARTS) is 1. The van der Waals surface area contributed by atoms with Crippen molar-refractivity contribution in [2.75, 3.05) is 6.54 Å². The molecule has 0 spiro atoms. The largest absolute Gasteiger partial charge is 0.477 e. The van der Waals surface area contributed by atoms with Crippen LogP contribution >= 0.6 is 11.3 Å². The Bertz CT molecular complexity index is 505. The third kappa shape index (κ3) is 4.40. The Balaban J connectivity index is 2.60. The van der Waals surface area contributed by atoms with E-state index in [0.717, 1.165) is 24.2 Å². The zero-order valence-corrected chi connectivity index (χ0v) is 12.0. The number of sulfonamides is 1. The molecule has 0 aromatic carbocycles. The van der Waals surface area contributed by atoms with Gasteiger partial charge in [-0.05, 0) is 24.8 Å². The van der Waals surface area contributed by atoms with Gasteiger partial charge < -0.3 is 5.11 Å². The first kappa shape index (κ1) is 15.1. The lowest BCUT2D eigenvalue weighted by Gasteiger charge is -2.06. The van der Waals surface area contributed by atoms with Crippen LogP contribution in [0.1, 0.15) is 36.4 Å². The molecule has 1 heterocycles. The van der Waals surface area contributed by atoms with E-state index in [-0.39, 0.29) is 9.77 Å². The fraction of sp³-hybridized carbons (Fsp3) is 0.545. The fourth-order valence-corrected chi connectivity index (χ4v) is 3.56. The maximum absolute atomic E-state index is 11.8. The van der Waals surface area contributed by atoms with Crippen LogP contribution in [0.15, 0.2) is 16.3 Å². The average Bonchev–Trinajstić information content (AvgIpc) is 2.74. The van der Waals surface area contributed by atoms with Crippen molar-refractivity contribution in [1.29, 1.82) is 0 Å². The molecule has 0 saturated carbocycles. The molecule has 0 aliphatic carbocycles. The number of carbonyl (C=O) groups is 1. The van der Waals surface area contributed by atoms with Crippen LogP contribution in [0.2, 0.25) is 0 Å². The van der Waals surface area contributed by atoms with Crippen LogP contribution in [0.5, 0.6) is 0 Å². The predicted octanol–water partition coefficient (Wildman–Crippen LogP) is 2.16. The van der Waals surface area contributed by atoms with Crippen LogP contribution in [0.4, 0.5) is 0 Å². The molecule has 7 heteroatoms. The van der Waals surface area contributed by atoms with Crippen LogP contribution in [-0.4, -0.2) is 26.0 Å². The smallest absolute Gasteiger partial charge is 0.345 e. The number of hydrogen-bond donors (Lipinski definition) is 2. The van der Waals surface area contributed by atoms with E-state index in [2.05, 4.69) is 18.6 Å². The molecule has 0 unspecified atom stereocenters. The van der Waals surface area contributed by atoms with Gasteiger partial charge in [0.1, 0.15) is 4.88 Å². The van der Waals surface area contributed by atoms with Gasteiger partial charge in [-0.25, -0.2) is 17.9 Å². The van der Waals surface area contributed by atoms with Crippen molar-refractivity contribution in [2.24, 2.45) is 5.92 Å². The number of thiophene rings is 1. The van der Waals surface area contributed by atoms with Gasteiger partial charge in [-0.2, -0.15) is 0 Å². The molecule has 2 N–H and O–H groups in total. The number of rotatable bonds is 7. The van der Waals surface area contributed by atoms with E-state index >= 15 is 0 Å². The Morgan fingerprint density at radius 1 is 1.50 bits per heavy atom. The molecule has 102 valence electrons. The molecule has 18 heavy (non-hydrogen) atoms. The van der Waals surface area contributed by atoms with Crippen molar-refractivity contribution in [3.05, 3.63) is 16.3 Å². The first-order valence-corrected chi connectivity index (χ1v) is 8.00. The van der Waals surface area contributed by atoms with E-state index < -0.39 is 16.0 Å². The molecule has 1 aromatic rings. The predicted molar refractivity (Wildman–Crippen MR) is 70.5 cm³/mol. The summed E-state index contributed by atoms with van der Waals surface area (Å²) in [5, 5.41) is 10.1. The molecular formula is C11H17NO4S2. The minimum absolute atomic E-state index is 0.0226. The quantitative estimate of drug-likeness (QED) is 0.754. The van der Waals surface area contributed by atoms with Gasteiger partial charge in [-0.3, -0.25) is 0 Å². The van der Waals surface area contributed by atoms with Gasteiger partial charge in [0.15, 0.2) is 0 Å². The molecule has 0 saturated heterocycles. The number of hydrogen-bond acceptors (Lipinski definition) is 4. The van der Waals surface area contributed by atoms with Crippen molar-refractivity contribution in [3.63, 3.8) is 0 Å². The van der Waals surface area contributed by atoms with Crippen molar-refractivity contribution in [1.82, 2.24) is 4.72 Å². The summed E-state index contributed by atoms with van der Waals surface area (Å²) in [6.45, 7) is 4.53. The zero-order chi connectivity index (χ0) is 13.8. The Kier molecular flexibility index (Phi) is 5.30. The molecule has 0 aliphatic rings. The van der Waals surface area contributed by atoms with E-state index in [9.17, 15) is 13.2 Å². The molecule has 0 amide bonds. The van der Waals surface area contributed by atoms with Gasteiger partial charge in [0.25, 0.3) is 0 Å². The Morgan fingerprint density at radius 3 is 2.67 bits per heavy atom. The van der Waals surface area contributed by atoms with Crippen molar-refractivity contribution < 1.29 is 18.3 Å². The van der Waals surface area contributed by atoms with Crippen LogP contribution in [-0.2, 0) is 10.0 Å². The maximum atomic E-state index is 11.8. The summed E-state index contributed by atoms with van der Waals surface area (Å²) in [7, 11) is -3.57. The lowest BCUT2D eigenvalue weighted by molar-refractivity contribution is 0.0702. The molecule has 1 rings (SSSR count). The van der Waals surface area contributed by atoms with E-state index in [1.165, 1.54) is 11.4 Å². The monoisotopic (exact) mass is 291 g/mol. The summed E-state index contributed by atoms with van der Waals surface area (Å²) in [5.41, 5.74) is 0. The lowest BCUT2D eigenvalue weighted by atomic mass is 10.1. The fourth-order valence-electron chi connectivity index (χ4n) is 1.37. The van der Waals surface area contributed by atoms with Gasteiger partial charge in [-0.1, -0.05) is 13.8 Å². The normalized spacial score (nSPS) is 11.9. The summed E-state index contributed by atoms with van der Waals surface area (Å²) in [6.07, 6.45) is 1.72. The van der Waals surface area contributed by atoms with Crippen molar-refractivity contribution in [2.45, 2.75) is 31.6 Å². The number of nitrogens with one attached hydrogen (secondary N) is 1. The highest BCUT2D eigenvalue weighted by Gasteiger charge is 2.17. The summed E-state index contributed by atoms with van der Waals surface area (Å²) in [4.78, 5) is 10.7. The van der Waals surface area contributed by atoms with Gasteiger partial charge in [0.05, 0.1) is 4.90 Å². The maximum Gasteiger partial charge on any atom is 0.345 e. The second kappa shape index (κ2) is 6.31. The lowest BCUT2D eigenvalue weighted by Crippen LogP contribution is -2.24.